The fourth-order valence-corrected chi connectivity index (χ4v) is 3.21. The number of benzene rings is 1. The number of hydrogen-bond donors (Lipinski definition) is 1. The maximum atomic E-state index is 12.3. The monoisotopic (exact) mass is 348 g/mol. The molecule has 0 bridgehead atoms. The van der Waals surface area contributed by atoms with E-state index in [4.69, 9.17) is 16.3 Å². The van der Waals surface area contributed by atoms with E-state index in [-0.39, 0.29) is 18.6 Å². The van der Waals surface area contributed by atoms with Gasteiger partial charge in [-0.2, -0.15) is 5.10 Å². The SMILES string of the molecule is C[C@H]1CCCC[C@@H]1OCC(=O)Nc1cc(Cl)ccc1-n1cncn1. The molecule has 1 aromatic heterocycles. The first-order valence-corrected chi connectivity index (χ1v) is 8.57. The van der Waals surface area contributed by atoms with Crippen LogP contribution in [0, 0.1) is 5.92 Å². The molecular formula is C17H21ClN4O2. The lowest BCUT2D eigenvalue weighted by Gasteiger charge is -2.28. The Labute approximate surface area is 146 Å². The number of carbonyl (C=O) groups excluding carboxylic acids is 1. The molecular weight excluding hydrogens is 328 g/mol. The van der Waals surface area contributed by atoms with Crippen molar-refractivity contribution in [3.8, 4) is 5.69 Å². The van der Waals surface area contributed by atoms with Gasteiger partial charge in [-0.05, 0) is 37.0 Å². The van der Waals surface area contributed by atoms with E-state index in [0.717, 1.165) is 12.8 Å². The molecule has 1 aromatic carbocycles. The summed E-state index contributed by atoms with van der Waals surface area (Å²) in [7, 11) is 0. The van der Waals surface area contributed by atoms with E-state index in [1.165, 1.54) is 19.2 Å². The summed E-state index contributed by atoms with van der Waals surface area (Å²) in [5.41, 5.74) is 1.29. The zero-order valence-electron chi connectivity index (χ0n) is 13.6. The molecule has 1 aliphatic rings. The average Bonchev–Trinajstić information content (AvgIpc) is 3.08. The molecule has 6 nitrogen and oxygen atoms in total. The lowest BCUT2D eigenvalue weighted by atomic mass is 9.88. The van der Waals surface area contributed by atoms with E-state index >= 15 is 0 Å². The van der Waals surface area contributed by atoms with Crippen molar-refractivity contribution in [3.63, 3.8) is 0 Å². The predicted octanol–water partition coefficient (Wildman–Crippen LogP) is 3.45. The molecule has 1 heterocycles. The fraction of sp³-hybridized carbons (Fsp3) is 0.471. The number of aromatic nitrogens is 3. The van der Waals surface area contributed by atoms with E-state index < -0.39 is 0 Å². The molecule has 7 heteroatoms. The van der Waals surface area contributed by atoms with E-state index in [2.05, 4.69) is 22.3 Å². The summed E-state index contributed by atoms with van der Waals surface area (Å²) in [6.07, 6.45) is 7.77. The van der Waals surface area contributed by atoms with Crippen LogP contribution in [0.25, 0.3) is 5.69 Å². The Morgan fingerprint density at radius 1 is 1.42 bits per heavy atom. The molecule has 3 rings (SSSR count). The van der Waals surface area contributed by atoms with Gasteiger partial charge in [-0.25, -0.2) is 9.67 Å². The van der Waals surface area contributed by atoms with Crippen molar-refractivity contribution in [1.82, 2.24) is 14.8 Å². The van der Waals surface area contributed by atoms with Crippen LogP contribution in [-0.2, 0) is 9.53 Å². The van der Waals surface area contributed by atoms with Crippen molar-refractivity contribution in [3.05, 3.63) is 35.9 Å². The first-order valence-electron chi connectivity index (χ1n) is 8.19. The van der Waals surface area contributed by atoms with Crippen LogP contribution < -0.4 is 5.32 Å². The van der Waals surface area contributed by atoms with Crippen LogP contribution in [0.3, 0.4) is 0 Å². The van der Waals surface area contributed by atoms with E-state index in [9.17, 15) is 4.79 Å². The largest absolute Gasteiger partial charge is 0.368 e. The predicted molar refractivity (Wildman–Crippen MR) is 92.4 cm³/mol. The molecule has 0 saturated heterocycles. The molecule has 24 heavy (non-hydrogen) atoms. The number of hydrogen-bond acceptors (Lipinski definition) is 4. The van der Waals surface area contributed by atoms with E-state index in [1.54, 1.807) is 29.2 Å². The molecule has 1 amide bonds. The molecule has 0 unspecified atom stereocenters. The maximum Gasteiger partial charge on any atom is 0.250 e. The summed E-state index contributed by atoms with van der Waals surface area (Å²) in [6.45, 7) is 2.22. The molecule has 0 radical (unpaired) electrons. The Morgan fingerprint density at radius 3 is 3.00 bits per heavy atom. The summed E-state index contributed by atoms with van der Waals surface area (Å²) in [5.74, 6) is 0.305. The van der Waals surface area contributed by atoms with Crippen LogP contribution in [0.4, 0.5) is 5.69 Å². The number of anilines is 1. The van der Waals surface area contributed by atoms with Crippen molar-refractivity contribution in [2.75, 3.05) is 11.9 Å². The average molecular weight is 349 g/mol. The highest BCUT2D eigenvalue weighted by Crippen LogP contribution is 2.27. The molecule has 1 N–H and O–H groups in total. The quantitative estimate of drug-likeness (QED) is 0.898. The molecule has 0 aliphatic heterocycles. The number of carbonyl (C=O) groups is 1. The number of halogens is 1. The van der Waals surface area contributed by atoms with Crippen LogP contribution in [0.1, 0.15) is 32.6 Å². The summed E-state index contributed by atoms with van der Waals surface area (Å²) in [5, 5.41) is 7.49. The van der Waals surface area contributed by atoms with Crippen molar-refractivity contribution in [2.45, 2.75) is 38.7 Å². The number of nitrogens with zero attached hydrogens (tertiary/aromatic N) is 3. The second-order valence-electron chi connectivity index (χ2n) is 6.16. The molecule has 1 saturated carbocycles. The first kappa shape index (κ1) is 16.9. The van der Waals surface area contributed by atoms with Gasteiger partial charge in [0.2, 0.25) is 5.91 Å². The maximum absolute atomic E-state index is 12.3. The van der Waals surface area contributed by atoms with Crippen molar-refractivity contribution in [2.24, 2.45) is 5.92 Å². The smallest absolute Gasteiger partial charge is 0.250 e. The highest BCUT2D eigenvalue weighted by Gasteiger charge is 2.22. The minimum Gasteiger partial charge on any atom is -0.368 e. The van der Waals surface area contributed by atoms with Gasteiger partial charge in [-0.15, -0.1) is 0 Å². The van der Waals surface area contributed by atoms with Crippen LogP contribution in [0.2, 0.25) is 5.02 Å². The van der Waals surface area contributed by atoms with Crippen molar-refractivity contribution in [1.29, 1.82) is 0 Å². The standard InChI is InChI=1S/C17H21ClN4O2/c1-12-4-2-3-5-16(12)24-9-17(23)21-14-8-13(18)6-7-15(14)22-11-19-10-20-22/h6-8,10-12,16H,2-5,9H2,1H3,(H,21,23)/t12-,16-/m0/s1. The lowest BCUT2D eigenvalue weighted by molar-refractivity contribution is -0.124. The second-order valence-corrected chi connectivity index (χ2v) is 6.60. The van der Waals surface area contributed by atoms with Crippen LogP contribution in [0.5, 0.6) is 0 Å². The highest BCUT2D eigenvalue weighted by atomic mass is 35.5. The third-order valence-electron chi connectivity index (χ3n) is 4.36. The minimum absolute atomic E-state index is 0.0400. The molecule has 128 valence electrons. The molecule has 2 aromatic rings. The fourth-order valence-electron chi connectivity index (χ4n) is 3.04. The number of rotatable bonds is 5. The number of amides is 1. The van der Waals surface area contributed by atoms with Crippen LogP contribution >= 0.6 is 11.6 Å². The van der Waals surface area contributed by atoms with E-state index in [0.29, 0.717) is 22.3 Å². The van der Waals surface area contributed by atoms with Crippen LogP contribution in [0.15, 0.2) is 30.9 Å². The van der Waals surface area contributed by atoms with Gasteiger partial charge in [-0.3, -0.25) is 4.79 Å². The Hall–Kier alpha value is -1.92. The van der Waals surface area contributed by atoms with Crippen molar-refractivity contribution < 1.29 is 9.53 Å². The Balaban J connectivity index is 1.65. The normalized spacial score (nSPS) is 20.8. The summed E-state index contributed by atoms with van der Waals surface area (Å²) >= 11 is 6.05. The number of ether oxygens (including phenoxy) is 1. The first-order chi connectivity index (χ1) is 11.6. The minimum atomic E-state index is -0.198. The van der Waals surface area contributed by atoms with Gasteiger partial charge < -0.3 is 10.1 Å². The van der Waals surface area contributed by atoms with E-state index in [1.807, 2.05) is 0 Å². The topological polar surface area (TPSA) is 69.0 Å². The van der Waals surface area contributed by atoms with Gasteiger partial charge in [0, 0.05) is 5.02 Å². The summed E-state index contributed by atoms with van der Waals surface area (Å²) in [4.78, 5) is 16.2. The molecule has 0 spiro atoms. The lowest BCUT2D eigenvalue weighted by Crippen LogP contribution is -2.30. The van der Waals surface area contributed by atoms with Gasteiger partial charge in [0.25, 0.3) is 0 Å². The molecule has 1 fully saturated rings. The molecule has 1 aliphatic carbocycles. The van der Waals surface area contributed by atoms with Gasteiger partial charge in [0.05, 0.1) is 17.5 Å². The zero-order valence-corrected chi connectivity index (χ0v) is 14.4. The van der Waals surface area contributed by atoms with Gasteiger partial charge >= 0.3 is 0 Å². The second kappa shape index (κ2) is 7.77. The van der Waals surface area contributed by atoms with Gasteiger partial charge in [0.1, 0.15) is 19.3 Å². The Morgan fingerprint density at radius 2 is 2.25 bits per heavy atom. The highest BCUT2D eigenvalue weighted by molar-refractivity contribution is 6.31. The zero-order chi connectivity index (χ0) is 16.9. The van der Waals surface area contributed by atoms with Gasteiger partial charge in [-0.1, -0.05) is 31.4 Å². The Kier molecular flexibility index (Phi) is 5.48. The van der Waals surface area contributed by atoms with Crippen molar-refractivity contribution >= 4 is 23.2 Å². The summed E-state index contributed by atoms with van der Waals surface area (Å²) < 4.78 is 7.39. The van der Waals surface area contributed by atoms with Gasteiger partial charge in [0.15, 0.2) is 0 Å². The number of nitrogens with one attached hydrogen (secondary N) is 1. The summed E-state index contributed by atoms with van der Waals surface area (Å²) in [6, 6.07) is 5.23. The Bertz CT molecular complexity index is 690. The van der Waals surface area contributed by atoms with Crippen LogP contribution in [-0.4, -0.2) is 33.4 Å². The third kappa shape index (κ3) is 4.13. The third-order valence-corrected chi connectivity index (χ3v) is 4.59. The molecule has 2 atom stereocenters.